The summed E-state index contributed by atoms with van der Waals surface area (Å²) in [5.74, 6) is 0.816. The van der Waals surface area contributed by atoms with E-state index in [1.165, 1.54) is 0 Å². The van der Waals surface area contributed by atoms with Gasteiger partial charge in [-0.25, -0.2) is 0 Å². The lowest BCUT2D eigenvalue weighted by Gasteiger charge is -2.39. The molecule has 0 aliphatic carbocycles. The summed E-state index contributed by atoms with van der Waals surface area (Å²) in [4.78, 5) is 32.4. The third kappa shape index (κ3) is 5.55. The second-order valence-corrected chi connectivity index (χ2v) is 9.14. The Morgan fingerprint density at radius 1 is 1.06 bits per heavy atom. The van der Waals surface area contributed by atoms with E-state index < -0.39 is 0 Å². The second-order valence-electron chi connectivity index (χ2n) is 9.14. The first-order valence-corrected chi connectivity index (χ1v) is 12.0. The van der Waals surface area contributed by atoms with Gasteiger partial charge in [0, 0.05) is 70.3 Å². The fraction of sp³-hybridized carbons (Fsp3) is 0.560. The highest BCUT2D eigenvalue weighted by atomic mass is 16.5. The summed E-state index contributed by atoms with van der Waals surface area (Å²) in [6.07, 6.45) is 0.963. The zero-order valence-corrected chi connectivity index (χ0v) is 19.9. The van der Waals surface area contributed by atoms with Crippen LogP contribution in [0.4, 0.5) is 0 Å². The Balaban J connectivity index is 1.48. The van der Waals surface area contributed by atoms with Gasteiger partial charge in [-0.05, 0) is 39.1 Å². The molecule has 1 aromatic heterocycles. The van der Waals surface area contributed by atoms with E-state index in [1.54, 1.807) is 0 Å². The topological polar surface area (TPSA) is 70.9 Å². The molecule has 0 radical (unpaired) electrons. The summed E-state index contributed by atoms with van der Waals surface area (Å²) in [5, 5.41) is 4.47. The van der Waals surface area contributed by atoms with Crippen LogP contribution in [0.2, 0.25) is 0 Å². The molecule has 0 bridgehead atoms. The van der Waals surface area contributed by atoms with Crippen LogP contribution in [0.15, 0.2) is 36.4 Å². The molecule has 2 aromatic rings. The summed E-state index contributed by atoms with van der Waals surface area (Å²) in [5.41, 5.74) is 1.45. The average Bonchev–Trinajstić information content (AvgIpc) is 3.21. The first kappa shape index (κ1) is 23.3. The van der Waals surface area contributed by atoms with Crippen LogP contribution in [-0.2, 0) is 11.3 Å². The number of carbonyl (C=O) groups is 2. The molecule has 33 heavy (non-hydrogen) atoms. The van der Waals surface area contributed by atoms with E-state index in [0.717, 1.165) is 44.2 Å². The minimum atomic E-state index is -0.109. The Morgan fingerprint density at radius 3 is 2.45 bits per heavy atom. The van der Waals surface area contributed by atoms with Crippen molar-refractivity contribution >= 4 is 11.8 Å². The number of piperazine rings is 1. The molecule has 2 fully saturated rings. The SMILES string of the molecule is CCn1nc(C(=O)N2CC[C@H](Oc3ccccc3)[C@@H](CC(=O)N3CCN(C)CC3)C2)cc1C. The summed E-state index contributed by atoms with van der Waals surface area (Å²) in [7, 11) is 2.08. The molecule has 2 aliphatic heterocycles. The fourth-order valence-corrected chi connectivity index (χ4v) is 4.73. The van der Waals surface area contributed by atoms with Crippen LogP contribution in [-0.4, -0.2) is 88.7 Å². The van der Waals surface area contributed by atoms with Crippen molar-refractivity contribution in [1.29, 1.82) is 0 Å². The van der Waals surface area contributed by atoms with Crippen molar-refractivity contribution in [2.75, 3.05) is 46.3 Å². The number of rotatable bonds is 6. The lowest BCUT2D eigenvalue weighted by molar-refractivity contribution is -0.135. The molecule has 1 aromatic carbocycles. The Hall–Kier alpha value is -2.87. The number of hydrogen-bond acceptors (Lipinski definition) is 5. The molecular formula is C25H35N5O3. The number of benzene rings is 1. The van der Waals surface area contributed by atoms with E-state index in [1.807, 2.05) is 64.7 Å². The number of nitrogens with zero attached hydrogens (tertiary/aromatic N) is 5. The van der Waals surface area contributed by atoms with Gasteiger partial charge in [0.1, 0.15) is 11.9 Å². The predicted octanol–water partition coefficient (Wildman–Crippen LogP) is 2.29. The van der Waals surface area contributed by atoms with Gasteiger partial charge in [0.05, 0.1) is 0 Å². The van der Waals surface area contributed by atoms with E-state index in [9.17, 15) is 9.59 Å². The maximum absolute atomic E-state index is 13.2. The zero-order valence-electron chi connectivity index (χ0n) is 19.9. The average molecular weight is 454 g/mol. The van der Waals surface area contributed by atoms with Gasteiger partial charge < -0.3 is 19.4 Å². The van der Waals surface area contributed by atoms with Gasteiger partial charge in [-0.1, -0.05) is 18.2 Å². The number of amides is 2. The van der Waals surface area contributed by atoms with Crippen LogP contribution < -0.4 is 4.74 Å². The number of likely N-dealkylation sites (N-methyl/N-ethyl adjacent to an activating group) is 1. The molecule has 2 saturated heterocycles. The van der Waals surface area contributed by atoms with E-state index in [0.29, 0.717) is 31.6 Å². The second kappa shape index (κ2) is 10.4. The van der Waals surface area contributed by atoms with Crippen LogP contribution in [0.5, 0.6) is 5.75 Å². The molecule has 2 amide bonds. The normalized spacial score (nSPS) is 21.8. The van der Waals surface area contributed by atoms with Crippen molar-refractivity contribution in [2.45, 2.75) is 39.3 Å². The summed E-state index contributed by atoms with van der Waals surface area (Å²) in [6.45, 7) is 9.08. The molecule has 3 heterocycles. The largest absolute Gasteiger partial charge is 0.490 e. The molecule has 0 saturated carbocycles. The Kier molecular flexibility index (Phi) is 7.33. The number of aromatic nitrogens is 2. The highest BCUT2D eigenvalue weighted by Gasteiger charge is 2.36. The molecule has 178 valence electrons. The van der Waals surface area contributed by atoms with E-state index >= 15 is 0 Å². The summed E-state index contributed by atoms with van der Waals surface area (Å²) in [6, 6.07) is 11.6. The van der Waals surface area contributed by atoms with E-state index in [-0.39, 0.29) is 23.8 Å². The Labute approximate surface area is 196 Å². The quantitative estimate of drug-likeness (QED) is 0.671. The highest BCUT2D eigenvalue weighted by Crippen LogP contribution is 2.27. The van der Waals surface area contributed by atoms with Crippen LogP contribution in [0.1, 0.15) is 35.9 Å². The maximum Gasteiger partial charge on any atom is 0.274 e. The number of aryl methyl sites for hydroxylation is 2. The summed E-state index contributed by atoms with van der Waals surface area (Å²) >= 11 is 0. The number of carbonyl (C=O) groups excluding carboxylic acids is 2. The molecule has 2 atom stereocenters. The van der Waals surface area contributed by atoms with E-state index in [4.69, 9.17) is 4.74 Å². The molecule has 8 heteroatoms. The number of likely N-dealkylation sites (tertiary alicyclic amines) is 1. The number of piperidine rings is 1. The lowest BCUT2D eigenvalue weighted by atomic mass is 9.90. The minimum Gasteiger partial charge on any atom is -0.490 e. The molecule has 2 aliphatic rings. The van der Waals surface area contributed by atoms with Gasteiger partial charge in [0.15, 0.2) is 5.69 Å². The van der Waals surface area contributed by atoms with Crippen molar-refractivity contribution in [3.63, 3.8) is 0 Å². The predicted molar refractivity (Wildman–Crippen MR) is 126 cm³/mol. The van der Waals surface area contributed by atoms with Crippen LogP contribution >= 0.6 is 0 Å². The number of para-hydroxylation sites is 1. The molecular weight excluding hydrogens is 418 g/mol. The van der Waals surface area contributed by atoms with Crippen molar-refractivity contribution in [3.8, 4) is 5.75 Å². The van der Waals surface area contributed by atoms with E-state index in [2.05, 4.69) is 17.0 Å². The number of hydrogen-bond donors (Lipinski definition) is 0. The Bertz CT molecular complexity index is 952. The molecule has 8 nitrogen and oxygen atoms in total. The Morgan fingerprint density at radius 2 is 1.79 bits per heavy atom. The lowest BCUT2D eigenvalue weighted by Crippen LogP contribution is -2.51. The van der Waals surface area contributed by atoms with Gasteiger partial charge >= 0.3 is 0 Å². The first-order valence-electron chi connectivity index (χ1n) is 12.0. The minimum absolute atomic E-state index is 0.0654. The van der Waals surface area contributed by atoms with Gasteiger partial charge in [-0.15, -0.1) is 0 Å². The summed E-state index contributed by atoms with van der Waals surface area (Å²) < 4.78 is 8.15. The van der Waals surface area contributed by atoms with Gasteiger partial charge in [0.25, 0.3) is 5.91 Å². The van der Waals surface area contributed by atoms with Crippen molar-refractivity contribution in [3.05, 3.63) is 47.8 Å². The van der Waals surface area contributed by atoms with Crippen LogP contribution in [0, 0.1) is 12.8 Å². The molecule has 0 unspecified atom stereocenters. The van der Waals surface area contributed by atoms with Gasteiger partial charge in [0.2, 0.25) is 5.91 Å². The standard InChI is InChI=1S/C25H35N5O3/c1-4-30-19(2)16-22(26-30)25(32)29-11-10-23(33-21-8-6-5-7-9-21)20(18-29)17-24(31)28-14-12-27(3)13-15-28/h5-9,16,20,23H,4,10-15,17-18H2,1-3H3/t20-,23-/m0/s1. The number of ether oxygens (including phenoxy) is 1. The van der Waals surface area contributed by atoms with Gasteiger partial charge in [-0.2, -0.15) is 5.10 Å². The first-order chi connectivity index (χ1) is 15.9. The maximum atomic E-state index is 13.2. The van der Waals surface area contributed by atoms with Crippen molar-refractivity contribution in [1.82, 2.24) is 24.5 Å². The third-order valence-corrected chi connectivity index (χ3v) is 6.77. The molecule has 4 rings (SSSR count). The van der Waals surface area contributed by atoms with Crippen molar-refractivity contribution < 1.29 is 14.3 Å². The fourth-order valence-electron chi connectivity index (χ4n) is 4.73. The van der Waals surface area contributed by atoms with Gasteiger partial charge in [-0.3, -0.25) is 14.3 Å². The highest BCUT2D eigenvalue weighted by molar-refractivity contribution is 5.92. The zero-order chi connectivity index (χ0) is 23.4. The molecule has 0 spiro atoms. The molecule has 0 N–H and O–H groups in total. The monoisotopic (exact) mass is 453 g/mol. The van der Waals surface area contributed by atoms with Crippen LogP contribution in [0.25, 0.3) is 0 Å². The third-order valence-electron chi connectivity index (χ3n) is 6.77. The smallest absolute Gasteiger partial charge is 0.274 e. The van der Waals surface area contributed by atoms with Crippen molar-refractivity contribution in [2.24, 2.45) is 5.92 Å². The van der Waals surface area contributed by atoms with Crippen LogP contribution in [0.3, 0.4) is 0 Å².